The van der Waals surface area contributed by atoms with Gasteiger partial charge in [-0.2, -0.15) is 0 Å². The largest absolute Gasteiger partial charge is 0.337 e. The van der Waals surface area contributed by atoms with Crippen LogP contribution in [0.3, 0.4) is 0 Å². The summed E-state index contributed by atoms with van der Waals surface area (Å²) in [6.07, 6.45) is 5.00. The van der Waals surface area contributed by atoms with E-state index in [-0.39, 0.29) is 21.1 Å². The van der Waals surface area contributed by atoms with Gasteiger partial charge in [-0.25, -0.2) is 0 Å². The van der Waals surface area contributed by atoms with Crippen LogP contribution in [0.4, 0.5) is 5.69 Å². The number of benzene rings is 1. The highest BCUT2D eigenvalue weighted by Gasteiger charge is 2.42. The fraction of sp³-hybridized carbons (Fsp3) is 0.455. The van der Waals surface area contributed by atoms with Crippen LogP contribution in [0.5, 0.6) is 0 Å². The molecule has 1 saturated carbocycles. The third-order valence-corrected chi connectivity index (χ3v) is 6.61. The Morgan fingerprint density at radius 2 is 1.79 bits per heavy atom. The smallest absolute Gasteiger partial charge is 0.258 e. The van der Waals surface area contributed by atoms with Gasteiger partial charge in [0.2, 0.25) is 5.91 Å². The van der Waals surface area contributed by atoms with E-state index >= 15 is 0 Å². The molecule has 1 aromatic rings. The van der Waals surface area contributed by atoms with Crippen LogP contribution in [-0.4, -0.2) is 42.4 Å². The topological polar surface area (TPSA) is 61.4 Å². The molecular weight excluding hydrogens is 406 g/mol. The summed E-state index contributed by atoms with van der Waals surface area (Å²) < 4.78 is 0.269. The predicted molar refractivity (Wildman–Crippen MR) is 121 cm³/mol. The molecule has 1 aliphatic heterocycles. The van der Waals surface area contributed by atoms with Crippen molar-refractivity contribution >= 4 is 40.9 Å². The van der Waals surface area contributed by atoms with Gasteiger partial charge in [0.25, 0.3) is 5.91 Å². The zero-order chi connectivity index (χ0) is 21.0. The van der Waals surface area contributed by atoms with Crippen LogP contribution in [-0.2, 0) is 22.4 Å². The number of fused-ring (bicyclic) bond motifs is 1. The summed E-state index contributed by atoms with van der Waals surface area (Å²) in [5.41, 5.74) is 2.48. The first-order valence-corrected chi connectivity index (χ1v) is 11.1. The molecule has 1 fully saturated rings. The number of halogens is 1. The monoisotopic (exact) mass is 433 g/mol. The molecular formula is C22H28ClN3O2S. The van der Waals surface area contributed by atoms with Gasteiger partial charge in [0.1, 0.15) is 5.54 Å². The Labute approximate surface area is 181 Å². The summed E-state index contributed by atoms with van der Waals surface area (Å²) in [4.78, 5) is 28.3. The van der Waals surface area contributed by atoms with E-state index in [9.17, 15) is 9.59 Å². The molecule has 7 heteroatoms. The van der Waals surface area contributed by atoms with Crippen molar-refractivity contribution in [1.82, 2.24) is 10.2 Å². The summed E-state index contributed by atoms with van der Waals surface area (Å²) >= 11 is 6.77. The second-order valence-corrected chi connectivity index (χ2v) is 9.73. The number of likely N-dealkylation sites (N-methyl/N-ethyl adjacent to an activating group) is 1. The van der Waals surface area contributed by atoms with Crippen LogP contribution in [0.15, 0.2) is 40.6 Å². The number of carbonyl (C=O) groups is 2. The zero-order valence-electron chi connectivity index (χ0n) is 16.9. The summed E-state index contributed by atoms with van der Waals surface area (Å²) in [5, 5.41) is 5.96. The van der Waals surface area contributed by atoms with Crippen LogP contribution in [0.2, 0.25) is 0 Å². The molecule has 3 rings (SSSR count). The average Bonchev–Trinajstić information content (AvgIpc) is 3.06. The van der Waals surface area contributed by atoms with Gasteiger partial charge in [0.05, 0.1) is 9.27 Å². The van der Waals surface area contributed by atoms with Crippen molar-refractivity contribution in [3.05, 3.63) is 51.8 Å². The number of anilines is 1. The summed E-state index contributed by atoms with van der Waals surface area (Å²) in [5.74, 6) is -0.546. The summed E-state index contributed by atoms with van der Waals surface area (Å²) in [6.45, 7) is 9.37. The third kappa shape index (κ3) is 5.44. The summed E-state index contributed by atoms with van der Waals surface area (Å²) in [7, 11) is 2.13. The highest BCUT2D eigenvalue weighted by molar-refractivity contribution is 8.08. The number of hydrogen-bond donors (Lipinski definition) is 2. The quantitative estimate of drug-likeness (QED) is 0.664. The molecule has 2 amide bonds. The molecule has 0 atom stereocenters. The molecule has 5 nitrogen and oxygen atoms in total. The van der Waals surface area contributed by atoms with E-state index in [0.29, 0.717) is 12.8 Å². The lowest BCUT2D eigenvalue weighted by Crippen LogP contribution is -2.55. The average molecular weight is 434 g/mol. The number of nitrogens with one attached hydrogen (secondary N) is 2. The van der Waals surface area contributed by atoms with Gasteiger partial charge in [-0.05, 0) is 56.0 Å². The number of nitrogens with zero attached hydrogens (tertiary/aromatic N) is 1. The fourth-order valence-corrected chi connectivity index (χ4v) is 4.71. The summed E-state index contributed by atoms with van der Waals surface area (Å²) in [6, 6.07) is 6.14. The van der Waals surface area contributed by atoms with E-state index in [0.717, 1.165) is 56.2 Å². The number of amides is 2. The molecule has 2 N–H and O–H groups in total. The molecule has 1 aromatic carbocycles. The normalized spacial score (nSPS) is 18.4. The minimum absolute atomic E-state index is 0.170. The van der Waals surface area contributed by atoms with Crippen LogP contribution >= 0.6 is 23.4 Å². The maximum Gasteiger partial charge on any atom is 0.258 e. The Morgan fingerprint density at radius 3 is 2.45 bits per heavy atom. The Hall–Kier alpha value is -1.76. The molecule has 0 bridgehead atoms. The van der Waals surface area contributed by atoms with Crippen molar-refractivity contribution in [2.75, 3.05) is 25.5 Å². The number of rotatable bonds is 6. The van der Waals surface area contributed by atoms with E-state index in [4.69, 9.17) is 11.6 Å². The van der Waals surface area contributed by atoms with Crippen LogP contribution in [0.1, 0.15) is 36.8 Å². The molecule has 0 saturated heterocycles. The van der Waals surface area contributed by atoms with E-state index in [2.05, 4.69) is 47.9 Å². The van der Waals surface area contributed by atoms with Crippen LogP contribution in [0.25, 0.3) is 0 Å². The van der Waals surface area contributed by atoms with Gasteiger partial charge in [-0.15, -0.1) is 0 Å². The van der Waals surface area contributed by atoms with Crippen LogP contribution in [0, 0.1) is 0 Å². The first-order valence-electron chi connectivity index (χ1n) is 9.94. The van der Waals surface area contributed by atoms with Crippen molar-refractivity contribution in [2.24, 2.45) is 0 Å². The Bertz CT molecular complexity index is 833. The lowest BCUT2D eigenvalue weighted by Gasteiger charge is -2.29. The SMILES string of the molecule is C=C(Cl)SC(=C)C(=O)NC1(C(=O)Nc2ccc3c(c2)CCN(C)CC3)CCCC1. The van der Waals surface area contributed by atoms with E-state index < -0.39 is 5.54 Å². The van der Waals surface area contributed by atoms with Gasteiger partial charge in [-0.1, -0.05) is 55.4 Å². The van der Waals surface area contributed by atoms with Crippen molar-refractivity contribution in [2.45, 2.75) is 44.1 Å². The second kappa shape index (κ2) is 9.37. The van der Waals surface area contributed by atoms with Crippen molar-refractivity contribution < 1.29 is 9.59 Å². The predicted octanol–water partition coefficient (Wildman–Crippen LogP) is 4.04. The lowest BCUT2D eigenvalue weighted by molar-refractivity contribution is -0.128. The molecule has 2 aliphatic rings. The number of hydrogen-bond acceptors (Lipinski definition) is 4. The molecule has 0 radical (unpaired) electrons. The van der Waals surface area contributed by atoms with Crippen molar-refractivity contribution in [3.63, 3.8) is 0 Å². The maximum atomic E-state index is 13.2. The highest BCUT2D eigenvalue weighted by atomic mass is 35.5. The Morgan fingerprint density at radius 1 is 1.14 bits per heavy atom. The third-order valence-electron chi connectivity index (χ3n) is 5.72. The molecule has 0 unspecified atom stereocenters. The molecule has 0 spiro atoms. The molecule has 1 aliphatic carbocycles. The van der Waals surface area contributed by atoms with Gasteiger partial charge in [0, 0.05) is 18.8 Å². The standard InChI is InChI=1S/C22H28ClN3O2S/c1-15(29-16(2)23)20(27)25-22(10-4-5-11-22)21(28)24-19-7-6-17-8-12-26(3)13-9-18(17)14-19/h6-7,14H,1-2,4-5,8-13H2,3H3,(H,24,28)(H,25,27). The van der Waals surface area contributed by atoms with Gasteiger partial charge >= 0.3 is 0 Å². The maximum absolute atomic E-state index is 13.2. The Balaban J connectivity index is 1.72. The lowest BCUT2D eigenvalue weighted by atomic mass is 9.95. The molecule has 156 valence electrons. The van der Waals surface area contributed by atoms with E-state index in [1.54, 1.807) is 0 Å². The zero-order valence-corrected chi connectivity index (χ0v) is 18.4. The minimum atomic E-state index is -0.915. The first-order chi connectivity index (χ1) is 13.8. The first kappa shape index (κ1) is 21.9. The molecule has 29 heavy (non-hydrogen) atoms. The number of carbonyl (C=O) groups excluding carboxylic acids is 2. The van der Waals surface area contributed by atoms with Crippen molar-refractivity contribution in [1.29, 1.82) is 0 Å². The second-order valence-electron chi connectivity index (χ2n) is 7.86. The van der Waals surface area contributed by atoms with Gasteiger partial charge in [-0.3, -0.25) is 9.59 Å². The van der Waals surface area contributed by atoms with E-state index in [1.165, 1.54) is 11.1 Å². The molecule has 0 aromatic heterocycles. The highest BCUT2D eigenvalue weighted by Crippen LogP contribution is 2.33. The van der Waals surface area contributed by atoms with Crippen molar-refractivity contribution in [3.8, 4) is 0 Å². The number of thioether (sulfide) groups is 1. The van der Waals surface area contributed by atoms with Crippen LogP contribution < -0.4 is 10.6 Å². The van der Waals surface area contributed by atoms with Gasteiger partial charge < -0.3 is 15.5 Å². The van der Waals surface area contributed by atoms with Gasteiger partial charge in [0.15, 0.2) is 0 Å². The Kier molecular flexibility index (Phi) is 7.09. The fourth-order valence-electron chi connectivity index (χ4n) is 4.02. The molecule has 1 heterocycles. The van der Waals surface area contributed by atoms with E-state index in [1.807, 2.05) is 6.07 Å². The minimum Gasteiger partial charge on any atom is -0.337 e.